The fraction of sp³-hybridized carbons (Fsp3) is 0.611. The van der Waals surface area contributed by atoms with Gasteiger partial charge in [-0.05, 0) is 50.0 Å². The van der Waals surface area contributed by atoms with Crippen LogP contribution >= 0.6 is 0 Å². The zero-order chi connectivity index (χ0) is 14.5. The highest BCUT2D eigenvalue weighted by molar-refractivity contribution is 5.78. The summed E-state index contributed by atoms with van der Waals surface area (Å²) < 4.78 is 0. The molecule has 0 atom stereocenters. The summed E-state index contributed by atoms with van der Waals surface area (Å²) in [5.41, 5.74) is 1.48. The van der Waals surface area contributed by atoms with Gasteiger partial charge in [-0.25, -0.2) is 0 Å². The van der Waals surface area contributed by atoms with Crippen molar-refractivity contribution in [1.82, 2.24) is 10.2 Å². The lowest BCUT2D eigenvalue weighted by Gasteiger charge is -2.30. The molecule has 0 unspecified atom stereocenters. The SMILES string of the molecule is O=C(CNC1CCC(c2ccccc2)CC1)N1CCCC1. The molecule has 1 aromatic carbocycles. The van der Waals surface area contributed by atoms with Crippen molar-refractivity contribution >= 4 is 5.91 Å². The number of rotatable bonds is 4. The maximum atomic E-state index is 12.0. The zero-order valence-electron chi connectivity index (χ0n) is 12.8. The van der Waals surface area contributed by atoms with Crippen LogP contribution in [0.15, 0.2) is 30.3 Å². The van der Waals surface area contributed by atoms with Gasteiger partial charge in [-0.15, -0.1) is 0 Å². The third-order valence-electron chi connectivity index (χ3n) is 5.00. The number of carbonyl (C=O) groups is 1. The van der Waals surface area contributed by atoms with Gasteiger partial charge in [0.1, 0.15) is 0 Å². The third kappa shape index (κ3) is 3.85. The van der Waals surface area contributed by atoms with E-state index in [1.54, 1.807) is 0 Å². The largest absolute Gasteiger partial charge is 0.342 e. The van der Waals surface area contributed by atoms with Gasteiger partial charge in [0.15, 0.2) is 0 Å². The molecule has 1 N–H and O–H groups in total. The van der Waals surface area contributed by atoms with Crippen molar-refractivity contribution in [3.8, 4) is 0 Å². The first kappa shape index (κ1) is 14.6. The van der Waals surface area contributed by atoms with E-state index in [1.165, 1.54) is 44.1 Å². The van der Waals surface area contributed by atoms with Crippen molar-refractivity contribution in [3.63, 3.8) is 0 Å². The van der Waals surface area contributed by atoms with Gasteiger partial charge in [0.2, 0.25) is 5.91 Å². The Morgan fingerprint density at radius 2 is 1.71 bits per heavy atom. The van der Waals surface area contributed by atoms with Gasteiger partial charge in [-0.1, -0.05) is 30.3 Å². The number of likely N-dealkylation sites (tertiary alicyclic amines) is 1. The molecular formula is C18H26N2O. The highest BCUT2D eigenvalue weighted by Crippen LogP contribution is 2.32. The van der Waals surface area contributed by atoms with E-state index in [9.17, 15) is 4.79 Å². The minimum atomic E-state index is 0.290. The first-order chi connectivity index (χ1) is 10.3. The highest BCUT2D eigenvalue weighted by atomic mass is 16.2. The average Bonchev–Trinajstić information content (AvgIpc) is 3.08. The van der Waals surface area contributed by atoms with Crippen LogP contribution in [0.4, 0.5) is 0 Å². The summed E-state index contributed by atoms with van der Waals surface area (Å²) in [6.07, 6.45) is 7.20. The third-order valence-corrected chi connectivity index (χ3v) is 5.00. The summed E-state index contributed by atoms with van der Waals surface area (Å²) in [6, 6.07) is 11.4. The summed E-state index contributed by atoms with van der Waals surface area (Å²) >= 11 is 0. The normalized spacial score (nSPS) is 26.0. The van der Waals surface area contributed by atoms with E-state index in [0.29, 0.717) is 18.5 Å². The van der Waals surface area contributed by atoms with Crippen molar-refractivity contribution in [3.05, 3.63) is 35.9 Å². The predicted molar refractivity (Wildman–Crippen MR) is 85.3 cm³/mol. The zero-order valence-corrected chi connectivity index (χ0v) is 12.8. The maximum Gasteiger partial charge on any atom is 0.236 e. The Morgan fingerprint density at radius 3 is 2.38 bits per heavy atom. The van der Waals surface area contributed by atoms with Gasteiger partial charge < -0.3 is 10.2 Å². The molecule has 114 valence electrons. The van der Waals surface area contributed by atoms with Crippen molar-refractivity contribution in [2.75, 3.05) is 19.6 Å². The van der Waals surface area contributed by atoms with Gasteiger partial charge in [0.05, 0.1) is 6.54 Å². The quantitative estimate of drug-likeness (QED) is 0.923. The second-order valence-corrected chi connectivity index (χ2v) is 6.43. The van der Waals surface area contributed by atoms with Gasteiger partial charge in [0, 0.05) is 19.1 Å². The van der Waals surface area contributed by atoms with E-state index in [1.807, 2.05) is 4.90 Å². The van der Waals surface area contributed by atoms with Crippen molar-refractivity contribution in [1.29, 1.82) is 0 Å². The average molecular weight is 286 g/mol. The number of nitrogens with zero attached hydrogens (tertiary/aromatic N) is 1. The van der Waals surface area contributed by atoms with Gasteiger partial charge in [-0.2, -0.15) is 0 Å². The van der Waals surface area contributed by atoms with Gasteiger partial charge >= 0.3 is 0 Å². The number of hydrogen-bond acceptors (Lipinski definition) is 2. The summed E-state index contributed by atoms with van der Waals surface area (Å²) in [7, 11) is 0. The molecule has 3 nitrogen and oxygen atoms in total. The number of amides is 1. The first-order valence-electron chi connectivity index (χ1n) is 8.39. The van der Waals surface area contributed by atoms with E-state index < -0.39 is 0 Å². The molecule has 21 heavy (non-hydrogen) atoms. The Balaban J connectivity index is 1.40. The van der Waals surface area contributed by atoms with Crippen LogP contribution in [0.5, 0.6) is 0 Å². The van der Waals surface area contributed by atoms with Crippen molar-refractivity contribution < 1.29 is 4.79 Å². The molecule has 1 saturated carbocycles. The topological polar surface area (TPSA) is 32.3 Å². The molecule has 2 fully saturated rings. The molecule has 3 rings (SSSR count). The lowest BCUT2D eigenvalue weighted by molar-refractivity contribution is -0.129. The Hall–Kier alpha value is -1.35. The number of hydrogen-bond donors (Lipinski definition) is 1. The second-order valence-electron chi connectivity index (χ2n) is 6.43. The first-order valence-corrected chi connectivity index (χ1v) is 8.39. The fourth-order valence-electron chi connectivity index (χ4n) is 3.67. The molecular weight excluding hydrogens is 260 g/mol. The van der Waals surface area contributed by atoms with Crippen LogP contribution in [0, 0.1) is 0 Å². The van der Waals surface area contributed by atoms with E-state index in [-0.39, 0.29) is 5.91 Å². The Bertz CT molecular complexity index is 446. The molecule has 0 bridgehead atoms. The molecule has 1 aliphatic heterocycles. The molecule has 3 heteroatoms. The minimum absolute atomic E-state index is 0.290. The molecule has 1 heterocycles. The summed E-state index contributed by atoms with van der Waals surface area (Å²) in [5, 5.41) is 3.48. The van der Waals surface area contributed by atoms with Gasteiger partial charge in [-0.3, -0.25) is 4.79 Å². The van der Waals surface area contributed by atoms with Crippen molar-refractivity contribution in [2.45, 2.75) is 50.5 Å². The summed E-state index contributed by atoms with van der Waals surface area (Å²) in [6.45, 7) is 2.45. The van der Waals surface area contributed by atoms with E-state index in [4.69, 9.17) is 0 Å². The number of carbonyl (C=O) groups excluding carboxylic acids is 1. The van der Waals surface area contributed by atoms with Crippen LogP contribution in [0.3, 0.4) is 0 Å². The Morgan fingerprint density at radius 1 is 1.05 bits per heavy atom. The molecule has 1 amide bonds. The predicted octanol–water partition coefficient (Wildman–Crippen LogP) is 2.92. The monoisotopic (exact) mass is 286 g/mol. The maximum absolute atomic E-state index is 12.0. The molecule has 1 aliphatic carbocycles. The van der Waals surface area contributed by atoms with Crippen LogP contribution in [0.1, 0.15) is 50.0 Å². The number of nitrogens with one attached hydrogen (secondary N) is 1. The summed E-state index contributed by atoms with van der Waals surface area (Å²) in [5.74, 6) is 0.996. The van der Waals surface area contributed by atoms with Crippen LogP contribution in [0.2, 0.25) is 0 Å². The van der Waals surface area contributed by atoms with Crippen LogP contribution in [-0.2, 0) is 4.79 Å². The summed E-state index contributed by atoms with van der Waals surface area (Å²) in [4.78, 5) is 14.0. The molecule has 0 aromatic heterocycles. The van der Waals surface area contributed by atoms with Crippen LogP contribution < -0.4 is 5.32 Å². The minimum Gasteiger partial charge on any atom is -0.342 e. The molecule has 2 aliphatic rings. The fourth-order valence-corrected chi connectivity index (χ4v) is 3.67. The smallest absolute Gasteiger partial charge is 0.236 e. The lowest BCUT2D eigenvalue weighted by Crippen LogP contribution is -2.41. The molecule has 0 spiro atoms. The molecule has 1 saturated heterocycles. The number of benzene rings is 1. The van der Waals surface area contributed by atoms with Crippen molar-refractivity contribution in [2.24, 2.45) is 0 Å². The highest BCUT2D eigenvalue weighted by Gasteiger charge is 2.23. The lowest BCUT2D eigenvalue weighted by atomic mass is 9.82. The van der Waals surface area contributed by atoms with Crippen LogP contribution in [0.25, 0.3) is 0 Å². The van der Waals surface area contributed by atoms with E-state index in [0.717, 1.165) is 13.1 Å². The Kier molecular flexibility index (Phi) is 4.91. The van der Waals surface area contributed by atoms with Gasteiger partial charge in [0.25, 0.3) is 0 Å². The van der Waals surface area contributed by atoms with E-state index in [2.05, 4.69) is 35.6 Å². The van der Waals surface area contributed by atoms with E-state index >= 15 is 0 Å². The molecule has 1 aromatic rings. The Labute approximate surface area is 127 Å². The standard InChI is InChI=1S/C18H26N2O/c21-18(20-12-4-5-13-20)14-19-17-10-8-16(9-11-17)15-6-2-1-3-7-15/h1-3,6-7,16-17,19H,4-5,8-14H2. The van der Waals surface area contributed by atoms with Crippen LogP contribution in [-0.4, -0.2) is 36.5 Å². The second kappa shape index (κ2) is 7.08. The molecule has 0 radical (unpaired) electrons.